The van der Waals surface area contributed by atoms with Crippen LogP contribution in [0.25, 0.3) is 0 Å². The second-order valence-corrected chi connectivity index (χ2v) is 19.7. The van der Waals surface area contributed by atoms with Crippen LogP contribution in [0.5, 0.6) is 0 Å². The Kier molecular flexibility index (Phi) is 22.4. The van der Waals surface area contributed by atoms with E-state index < -0.39 is 23.7 Å². The van der Waals surface area contributed by atoms with Gasteiger partial charge in [-0.25, -0.2) is 0 Å². The van der Waals surface area contributed by atoms with Gasteiger partial charge in [-0.3, -0.25) is 19.2 Å². The van der Waals surface area contributed by atoms with Gasteiger partial charge in [-0.2, -0.15) is 0 Å². The van der Waals surface area contributed by atoms with Crippen molar-refractivity contribution < 1.29 is 19.2 Å². The van der Waals surface area contributed by atoms with Crippen LogP contribution in [-0.2, 0) is 19.2 Å². The molecule has 0 aromatic carbocycles. The summed E-state index contributed by atoms with van der Waals surface area (Å²) in [6, 6.07) is 0. The lowest BCUT2D eigenvalue weighted by Crippen LogP contribution is -2.49. The number of hydrogen-bond acceptors (Lipinski definition) is 4. The standard InChI is InChI=1S/C54H88BN2O4/c1-9-16-22-25-32-42(29-21-14-6)36-46-38-44(34-40(26-15-7)30-23-17-10-2)49-50(46)54(61)57(53(49)60)55-56-51(58)47-43(33-39(8)27-19-12-4)37-45(48(47)52(56)59)35-41(28-20-13-5)31-24-18-11-3/h33-36,43-50H,9-32,37-38H2,1-8H3/b39-33+,40-34+,41-35+,42-36+. The van der Waals surface area contributed by atoms with Crippen LogP contribution < -0.4 is 0 Å². The van der Waals surface area contributed by atoms with Crippen LogP contribution in [-0.4, -0.2) is 40.8 Å². The first-order valence-corrected chi connectivity index (χ1v) is 25.9. The lowest BCUT2D eigenvalue weighted by atomic mass is 9.86. The average molecular weight is 840 g/mol. The van der Waals surface area contributed by atoms with Gasteiger partial charge in [0.1, 0.15) is 0 Å². The third kappa shape index (κ3) is 13.9. The monoisotopic (exact) mass is 840 g/mol. The Morgan fingerprint density at radius 2 is 0.721 bits per heavy atom. The van der Waals surface area contributed by atoms with E-state index in [-0.39, 0.29) is 47.3 Å². The largest absolute Gasteiger partial charge is 0.410 e. The maximum absolute atomic E-state index is 14.8. The summed E-state index contributed by atoms with van der Waals surface area (Å²) < 4.78 is 0. The number of fused-ring (bicyclic) bond motifs is 2. The van der Waals surface area contributed by atoms with E-state index in [1.807, 2.05) is 0 Å². The molecule has 2 saturated heterocycles. The Hall–Kier alpha value is -2.70. The first-order valence-electron chi connectivity index (χ1n) is 25.9. The van der Waals surface area contributed by atoms with Crippen LogP contribution in [0.2, 0.25) is 0 Å². The number of hydrogen-bond donors (Lipinski definition) is 0. The van der Waals surface area contributed by atoms with E-state index in [0.29, 0.717) is 0 Å². The zero-order chi connectivity index (χ0) is 44.3. The molecular weight excluding hydrogens is 751 g/mol. The van der Waals surface area contributed by atoms with Gasteiger partial charge in [-0.15, -0.1) is 0 Å². The third-order valence-electron chi connectivity index (χ3n) is 14.6. The van der Waals surface area contributed by atoms with E-state index in [9.17, 15) is 19.2 Å². The van der Waals surface area contributed by atoms with Crippen LogP contribution in [0.1, 0.15) is 222 Å². The second-order valence-electron chi connectivity index (χ2n) is 19.7. The fourth-order valence-electron chi connectivity index (χ4n) is 11.3. The van der Waals surface area contributed by atoms with Crippen molar-refractivity contribution in [1.29, 1.82) is 0 Å². The molecule has 0 bridgehead atoms. The summed E-state index contributed by atoms with van der Waals surface area (Å²) in [6.07, 6.45) is 37.8. The molecule has 7 heteroatoms. The number of unbranched alkanes of at least 4 members (excludes halogenated alkanes) is 10. The van der Waals surface area contributed by atoms with Crippen LogP contribution in [0, 0.1) is 47.3 Å². The summed E-state index contributed by atoms with van der Waals surface area (Å²) in [4.78, 5) is 61.5. The molecule has 0 aromatic rings. The van der Waals surface area contributed by atoms with Crippen LogP contribution in [0.4, 0.5) is 0 Å². The molecule has 6 nitrogen and oxygen atoms in total. The van der Waals surface area contributed by atoms with Gasteiger partial charge in [-0.05, 0) is 127 Å². The van der Waals surface area contributed by atoms with Crippen molar-refractivity contribution in [3.05, 3.63) is 46.6 Å². The normalized spacial score (nSPS) is 27.3. The molecule has 2 aliphatic heterocycles. The van der Waals surface area contributed by atoms with Crippen molar-refractivity contribution in [2.24, 2.45) is 47.3 Å². The topological polar surface area (TPSA) is 74.8 Å². The van der Waals surface area contributed by atoms with E-state index in [1.54, 1.807) is 0 Å². The fourth-order valence-corrected chi connectivity index (χ4v) is 11.3. The number of amides is 4. The highest BCUT2D eigenvalue weighted by molar-refractivity contribution is 6.49. The Labute approximate surface area is 374 Å². The number of rotatable bonds is 30. The molecule has 8 atom stereocenters. The molecule has 2 heterocycles. The minimum Gasteiger partial charge on any atom is -0.308 e. The van der Waals surface area contributed by atoms with Gasteiger partial charge in [0.2, 0.25) is 23.6 Å². The number of imide groups is 2. The molecule has 1 radical (unpaired) electrons. The smallest absolute Gasteiger partial charge is 0.308 e. The van der Waals surface area contributed by atoms with Gasteiger partial charge in [0.15, 0.2) is 0 Å². The Morgan fingerprint density at radius 3 is 1.10 bits per heavy atom. The lowest BCUT2D eigenvalue weighted by Gasteiger charge is -2.24. The van der Waals surface area contributed by atoms with E-state index in [4.69, 9.17) is 0 Å². The van der Waals surface area contributed by atoms with Gasteiger partial charge >= 0.3 is 7.55 Å². The molecule has 4 aliphatic rings. The predicted molar refractivity (Wildman–Crippen MR) is 255 cm³/mol. The van der Waals surface area contributed by atoms with Gasteiger partial charge in [0, 0.05) is 0 Å². The molecule has 0 N–H and O–H groups in total. The molecule has 2 saturated carbocycles. The van der Waals surface area contributed by atoms with Crippen molar-refractivity contribution in [3.63, 3.8) is 0 Å². The number of nitrogens with zero attached hydrogens (tertiary/aromatic N) is 2. The van der Waals surface area contributed by atoms with Crippen molar-refractivity contribution >= 4 is 31.2 Å². The third-order valence-corrected chi connectivity index (χ3v) is 14.6. The van der Waals surface area contributed by atoms with Crippen molar-refractivity contribution in [2.45, 2.75) is 222 Å². The van der Waals surface area contributed by atoms with Gasteiger partial charge < -0.3 is 9.62 Å². The highest BCUT2D eigenvalue weighted by atomic mass is 16.2. The predicted octanol–water partition coefficient (Wildman–Crippen LogP) is 14.2. The summed E-state index contributed by atoms with van der Waals surface area (Å²) in [7, 11) is 1.37. The van der Waals surface area contributed by atoms with Crippen LogP contribution in [0.3, 0.4) is 0 Å². The molecule has 4 fully saturated rings. The molecule has 61 heavy (non-hydrogen) atoms. The Bertz CT molecular complexity index is 1540. The van der Waals surface area contributed by atoms with E-state index >= 15 is 0 Å². The van der Waals surface area contributed by atoms with Gasteiger partial charge in [0.25, 0.3) is 0 Å². The summed E-state index contributed by atoms with van der Waals surface area (Å²) in [5.74, 6) is -2.97. The van der Waals surface area contributed by atoms with Gasteiger partial charge in [-0.1, -0.05) is 166 Å². The fraction of sp³-hybridized carbons (Fsp3) is 0.778. The maximum atomic E-state index is 14.8. The highest BCUT2D eigenvalue weighted by Crippen LogP contribution is 2.52. The minimum atomic E-state index is -0.475. The molecule has 2 aliphatic carbocycles. The van der Waals surface area contributed by atoms with Crippen LogP contribution in [0.15, 0.2) is 46.6 Å². The number of allylic oxidation sites excluding steroid dienone is 8. The molecule has 8 unspecified atom stereocenters. The molecule has 341 valence electrons. The first-order chi connectivity index (χ1) is 29.6. The van der Waals surface area contributed by atoms with E-state index in [2.05, 4.69) is 79.7 Å². The van der Waals surface area contributed by atoms with Crippen molar-refractivity contribution in [3.8, 4) is 0 Å². The molecule has 4 amide bonds. The Balaban J connectivity index is 1.70. The van der Waals surface area contributed by atoms with Crippen molar-refractivity contribution in [1.82, 2.24) is 9.62 Å². The first kappa shape index (κ1) is 50.9. The number of carbonyl (C=O) groups excluding carboxylic acids is 4. The minimum absolute atomic E-state index is 0.0357. The summed E-state index contributed by atoms with van der Waals surface area (Å²) >= 11 is 0. The number of carbonyl (C=O) groups is 4. The van der Waals surface area contributed by atoms with Crippen molar-refractivity contribution in [2.75, 3.05) is 0 Å². The second kappa shape index (κ2) is 26.8. The summed E-state index contributed by atoms with van der Waals surface area (Å²) in [5, 5.41) is 0. The molecule has 0 spiro atoms. The Morgan fingerprint density at radius 1 is 0.410 bits per heavy atom. The molecule has 0 aromatic heterocycles. The lowest BCUT2D eigenvalue weighted by molar-refractivity contribution is -0.137. The quantitative estimate of drug-likeness (QED) is 0.0312. The zero-order valence-corrected chi connectivity index (χ0v) is 40.4. The van der Waals surface area contributed by atoms with Crippen LogP contribution >= 0.6 is 0 Å². The summed E-state index contributed by atoms with van der Waals surface area (Å²) in [5.41, 5.74) is 5.55. The van der Waals surface area contributed by atoms with Gasteiger partial charge in [0.05, 0.1) is 23.7 Å². The highest BCUT2D eigenvalue weighted by Gasteiger charge is 2.62. The zero-order valence-electron chi connectivity index (χ0n) is 40.4. The summed E-state index contributed by atoms with van der Waals surface area (Å²) in [6.45, 7) is 17.8. The average Bonchev–Trinajstić information content (AvgIpc) is 3.93. The SMILES string of the molecule is CCCCCC/C(=C/C1CC(/C=C(\CCC)CCCCC)C2C(=O)N([B]N3C(=O)C4C(/C=C(\C)CCCC)CC(/C=C(\CCCC)CCCCC)C4C3=O)C(=O)C12)CCCC. The molecular formula is C54H88BN2O4. The van der Waals surface area contributed by atoms with E-state index in [1.165, 1.54) is 78.0 Å². The maximum Gasteiger partial charge on any atom is 0.410 e. The molecule has 4 rings (SSSR count). The van der Waals surface area contributed by atoms with E-state index in [0.717, 1.165) is 128 Å².